The third-order valence-corrected chi connectivity index (χ3v) is 5.02. The van der Waals surface area contributed by atoms with Crippen LogP contribution >= 0.6 is 11.6 Å². The predicted octanol–water partition coefficient (Wildman–Crippen LogP) is 4.42. The van der Waals surface area contributed by atoms with Gasteiger partial charge in [0.1, 0.15) is 11.4 Å². The van der Waals surface area contributed by atoms with Crippen molar-refractivity contribution in [1.82, 2.24) is 0 Å². The lowest BCUT2D eigenvalue weighted by Crippen LogP contribution is -2.20. The van der Waals surface area contributed by atoms with E-state index in [1.807, 2.05) is 11.8 Å². The van der Waals surface area contributed by atoms with E-state index in [1.54, 1.807) is 24.3 Å². The second-order valence-electron chi connectivity index (χ2n) is 6.41. The van der Waals surface area contributed by atoms with E-state index in [2.05, 4.69) is 5.32 Å². The number of hydrogen-bond donors (Lipinski definition) is 1. The second kappa shape index (κ2) is 7.84. The van der Waals surface area contributed by atoms with E-state index >= 15 is 0 Å². The molecule has 3 rings (SSSR count). The molecule has 1 aliphatic heterocycles. The molecular weight excluding hydrogens is 370 g/mol. The van der Waals surface area contributed by atoms with Gasteiger partial charge in [0, 0.05) is 35.8 Å². The molecule has 0 unspecified atom stereocenters. The summed E-state index contributed by atoms with van der Waals surface area (Å²) in [7, 11) is 1.48. The van der Waals surface area contributed by atoms with Gasteiger partial charge in [0.15, 0.2) is 0 Å². The fourth-order valence-corrected chi connectivity index (χ4v) is 3.31. The zero-order valence-electron chi connectivity index (χ0n) is 15.1. The summed E-state index contributed by atoms with van der Waals surface area (Å²) in [6.07, 6.45) is 2.02. The van der Waals surface area contributed by atoms with Crippen LogP contribution in [0.1, 0.15) is 28.8 Å². The van der Waals surface area contributed by atoms with E-state index < -0.39 is 10.8 Å². The van der Waals surface area contributed by atoms with Gasteiger partial charge in [-0.25, -0.2) is 0 Å². The molecular formula is C19H20ClN3O4. The molecule has 0 spiro atoms. The van der Waals surface area contributed by atoms with Gasteiger partial charge in [-0.1, -0.05) is 11.6 Å². The summed E-state index contributed by atoms with van der Waals surface area (Å²) in [6.45, 7) is 3.38. The van der Waals surface area contributed by atoms with Gasteiger partial charge in [0.2, 0.25) is 0 Å². The molecule has 2 aromatic carbocycles. The maximum absolute atomic E-state index is 12.7. The topological polar surface area (TPSA) is 84.7 Å². The lowest BCUT2D eigenvalue weighted by atomic mass is 10.1. The quantitative estimate of drug-likeness (QED) is 0.604. The van der Waals surface area contributed by atoms with E-state index in [-0.39, 0.29) is 11.3 Å². The number of hydrogen-bond acceptors (Lipinski definition) is 5. The number of anilines is 2. The molecule has 1 amide bonds. The minimum Gasteiger partial charge on any atom is -0.495 e. The van der Waals surface area contributed by atoms with Crippen LogP contribution in [0.25, 0.3) is 0 Å². The second-order valence-corrected chi connectivity index (χ2v) is 6.82. The number of amides is 1. The van der Waals surface area contributed by atoms with E-state index in [4.69, 9.17) is 16.3 Å². The first kappa shape index (κ1) is 19.0. The van der Waals surface area contributed by atoms with Gasteiger partial charge >= 0.3 is 0 Å². The van der Waals surface area contributed by atoms with Crippen molar-refractivity contribution in [3.63, 3.8) is 0 Å². The molecule has 142 valence electrons. The Morgan fingerprint density at radius 1 is 1.26 bits per heavy atom. The van der Waals surface area contributed by atoms with Gasteiger partial charge < -0.3 is 15.0 Å². The van der Waals surface area contributed by atoms with Crippen LogP contribution in [-0.4, -0.2) is 31.0 Å². The number of rotatable bonds is 5. The van der Waals surface area contributed by atoms with Gasteiger partial charge in [-0.2, -0.15) is 0 Å². The summed E-state index contributed by atoms with van der Waals surface area (Å²) in [5.74, 6) is -0.0340. The summed E-state index contributed by atoms with van der Waals surface area (Å²) in [5.41, 5.74) is 1.93. The number of nitrogens with zero attached hydrogens (tertiary/aromatic N) is 2. The average Bonchev–Trinajstić information content (AvgIpc) is 3.18. The van der Waals surface area contributed by atoms with Crippen molar-refractivity contribution in [3.05, 3.63) is 56.6 Å². The monoisotopic (exact) mass is 389 g/mol. The first-order valence-corrected chi connectivity index (χ1v) is 8.97. The van der Waals surface area contributed by atoms with Crippen molar-refractivity contribution < 1.29 is 14.5 Å². The van der Waals surface area contributed by atoms with Crippen LogP contribution in [-0.2, 0) is 0 Å². The van der Waals surface area contributed by atoms with E-state index in [1.165, 1.54) is 13.2 Å². The largest absolute Gasteiger partial charge is 0.495 e. The van der Waals surface area contributed by atoms with Crippen LogP contribution in [0.2, 0.25) is 5.02 Å². The smallest absolute Gasteiger partial charge is 0.293 e. The molecule has 1 fully saturated rings. The lowest BCUT2D eigenvalue weighted by Gasteiger charge is -2.18. The van der Waals surface area contributed by atoms with Crippen molar-refractivity contribution in [1.29, 1.82) is 0 Å². The maximum Gasteiger partial charge on any atom is 0.293 e. The molecule has 0 bridgehead atoms. The third-order valence-electron chi connectivity index (χ3n) is 4.61. The number of carbonyl (C=O) groups is 1. The van der Waals surface area contributed by atoms with Crippen LogP contribution in [0.4, 0.5) is 17.1 Å². The Kier molecular flexibility index (Phi) is 5.51. The predicted molar refractivity (Wildman–Crippen MR) is 105 cm³/mol. The highest BCUT2D eigenvalue weighted by atomic mass is 35.5. The number of nitrogens with one attached hydrogen (secondary N) is 1. The van der Waals surface area contributed by atoms with E-state index in [0.29, 0.717) is 22.1 Å². The number of ether oxygens (including phenoxy) is 1. The zero-order chi connectivity index (χ0) is 19.6. The molecule has 8 heteroatoms. The van der Waals surface area contributed by atoms with E-state index in [9.17, 15) is 14.9 Å². The number of aryl methyl sites for hydroxylation is 1. The first-order chi connectivity index (χ1) is 12.9. The van der Waals surface area contributed by atoms with Crippen LogP contribution in [0.3, 0.4) is 0 Å². The summed E-state index contributed by atoms with van der Waals surface area (Å²) in [6, 6.07) is 7.88. The molecule has 1 N–H and O–H groups in total. The molecule has 0 aliphatic carbocycles. The van der Waals surface area contributed by atoms with Crippen LogP contribution < -0.4 is 15.0 Å². The highest BCUT2D eigenvalue weighted by Gasteiger charge is 2.24. The summed E-state index contributed by atoms with van der Waals surface area (Å²) >= 11 is 6.08. The summed E-state index contributed by atoms with van der Waals surface area (Å²) in [4.78, 5) is 25.7. The van der Waals surface area contributed by atoms with Crippen molar-refractivity contribution in [2.75, 3.05) is 30.4 Å². The molecule has 1 saturated heterocycles. The van der Waals surface area contributed by atoms with Crippen LogP contribution in [0, 0.1) is 17.0 Å². The Labute approximate surface area is 162 Å². The summed E-state index contributed by atoms with van der Waals surface area (Å²) < 4.78 is 5.25. The molecule has 0 radical (unpaired) electrons. The normalized spacial score (nSPS) is 13.5. The standard InChI is InChI=1S/C19H20ClN3O4/c1-12-9-15(18(27-2)11-14(12)20)21-19(24)13-5-6-16(17(10-13)23(25)26)22-7-3-4-8-22/h5-6,9-11H,3-4,7-8H2,1-2H3,(H,21,24). The van der Waals surface area contributed by atoms with Crippen LogP contribution in [0.15, 0.2) is 30.3 Å². The minimum atomic E-state index is -0.453. The van der Waals surface area contributed by atoms with Gasteiger partial charge in [-0.15, -0.1) is 0 Å². The molecule has 1 heterocycles. The van der Waals surface area contributed by atoms with Crippen molar-refractivity contribution >= 4 is 34.6 Å². The number of nitro groups is 1. The number of halogens is 1. The molecule has 27 heavy (non-hydrogen) atoms. The number of nitro benzene ring substituents is 1. The van der Waals surface area contributed by atoms with Gasteiger partial charge in [0.25, 0.3) is 11.6 Å². The van der Waals surface area contributed by atoms with Gasteiger partial charge in [0.05, 0.1) is 17.7 Å². The lowest BCUT2D eigenvalue weighted by molar-refractivity contribution is -0.384. The maximum atomic E-state index is 12.7. The van der Waals surface area contributed by atoms with Gasteiger partial charge in [-0.3, -0.25) is 14.9 Å². The van der Waals surface area contributed by atoms with E-state index in [0.717, 1.165) is 31.5 Å². The number of carbonyl (C=O) groups excluding carboxylic acids is 1. The summed E-state index contributed by atoms with van der Waals surface area (Å²) in [5, 5.41) is 14.8. The minimum absolute atomic E-state index is 0.0659. The highest BCUT2D eigenvalue weighted by molar-refractivity contribution is 6.31. The first-order valence-electron chi connectivity index (χ1n) is 8.59. The third kappa shape index (κ3) is 3.98. The molecule has 0 saturated carbocycles. The van der Waals surface area contributed by atoms with Crippen molar-refractivity contribution in [3.8, 4) is 5.75 Å². The van der Waals surface area contributed by atoms with Crippen molar-refractivity contribution in [2.24, 2.45) is 0 Å². The molecule has 2 aromatic rings. The Bertz CT molecular complexity index is 895. The fraction of sp³-hybridized carbons (Fsp3) is 0.316. The Hall–Kier alpha value is -2.80. The average molecular weight is 390 g/mol. The van der Waals surface area contributed by atoms with Crippen LogP contribution in [0.5, 0.6) is 5.75 Å². The highest BCUT2D eigenvalue weighted by Crippen LogP contribution is 2.33. The van der Waals surface area contributed by atoms with Gasteiger partial charge in [-0.05, 0) is 43.5 Å². The molecule has 0 atom stereocenters. The van der Waals surface area contributed by atoms with Crippen molar-refractivity contribution in [2.45, 2.75) is 19.8 Å². The molecule has 7 nitrogen and oxygen atoms in total. The Balaban J connectivity index is 1.90. The fourth-order valence-electron chi connectivity index (χ4n) is 3.16. The Morgan fingerprint density at radius 2 is 1.96 bits per heavy atom. The Morgan fingerprint density at radius 3 is 2.59 bits per heavy atom. The number of benzene rings is 2. The SMILES string of the molecule is COc1cc(Cl)c(C)cc1NC(=O)c1ccc(N2CCCC2)c([N+](=O)[O-])c1. The molecule has 0 aromatic heterocycles. The molecule has 1 aliphatic rings. The number of methoxy groups -OCH3 is 1. The zero-order valence-corrected chi connectivity index (χ0v) is 15.9.